The Kier molecular flexibility index (Phi) is 3.74. The second kappa shape index (κ2) is 5.69. The van der Waals surface area contributed by atoms with E-state index in [1.807, 2.05) is 0 Å². The first-order chi connectivity index (χ1) is 10.2. The Bertz CT molecular complexity index is 655. The number of hydrogen-bond donors (Lipinski definition) is 1. The van der Waals surface area contributed by atoms with Crippen LogP contribution < -0.4 is 5.32 Å². The van der Waals surface area contributed by atoms with E-state index in [1.54, 1.807) is 6.07 Å². The average Bonchev–Trinajstić information content (AvgIpc) is 2.88. The van der Waals surface area contributed by atoms with Crippen LogP contribution in [0.2, 0.25) is 0 Å². The lowest BCUT2D eigenvalue weighted by Gasteiger charge is -2.31. The van der Waals surface area contributed by atoms with Crippen molar-refractivity contribution in [1.29, 1.82) is 0 Å². The molecule has 1 N–H and O–H groups in total. The number of oxazole rings is 1. The number of fused-ring (bicyclic) bond motifs is 1. The zero-order chi connectivity index (χ0) is 14.8. The van der Waals surface area contributed by atoms with Crippen molar-refractivity contribution in [2.75, 3.05) is 25.0 Å². The van der Waals surface area contributed by atoms with Crippen molar-refractivity contribution < 1.29 is 9.34 Å². The molecular formula is C14H18N4O3. The molecule has 0 amide bonds. The molecule has 112 valence electrons. The van der Waals surface area contributed by atoms with Crippen molar-refractivity contribution in [3.63, 3.8) is 0 Å². The second-order valence-electron chi connectivity index (χ2n) is 5.30. The summed E-state index contributed by atoms with van der Waals surface area (Å²) in [4.78, 5) is 17.0. The molecule has 1 aromatic heterocycles. The Morgan fingerprint density at radius 2 is 2.43 bits per heavy atom. The van der Waals surface area contributed by atoms with Gasteiger partial charge in [-0.25, -0.2) is 0 Å². The van der Waals surface area contributed by atoms with Crippen LogP contribution in [0, 0.1) is 10.1 Å². The summed E-state index contributed by atoms with van der Waals surface area (Å²) >= 11 is 0. The lowest BCUT2D eigenvalue weighted by molar-refractivity contribution is -0.384. The Balaban J connectivity index is 1.76. The molecule has 7 nitrogen and oxygen atoms in total. The third kappa shape index (κ3) is 2.97. The highest BCUT2D eigenvalue weighted by Crippen LogP contribution is 2.24. The lowest BCUT2D eigenvalue weighted by atomic mass is 10.1. The molecule has 2 heterocycles. The maximum absolute atomic E-state index is 10.8. The number of non-ortho nitro benzene ring substituents is 1. The number of nitro benzene ring substituents is 1. The SMILES string of the molecule is CCN1CCCC(Nc2nc3ccc([N+](=O)[O-])cc3o2)C1. The van der Waals surface area contributed by atoms with Crippen LogP contribution in [0.15, 0.2) is 22.6 Å². The summed E-state index contributed by atoms with van der Waals surface area (Å²) in [6.45, 7) is 5.29. The van der Waals surface area contributed by atoms with Crippen LogP contribution in [0.25, 0.3) is 11.1 Å². The fraction of sp³-hybridized carbons (Fsp3) is 0.500. The molecule has 1 atom stereocenters. The van der Waals surface area contributed by atoms with Gasteiger partial charge in [-0.15, -0.1) is 0 Å². The molecule has 1 aliphatic heterocycles. The number of anilines is 1. The first-order valence-electron chi connectivity index (χ1n) is 7.19. The molecular weight excluding hydrogens is 272 g/mol. The van der Waals surface area contributed by atoms with E-state index in [0.29, 0.717) is 23.2 Å². The maximum atomic E-state index is 10.8. The van der Waals surface area contributed by atoms with Gasteiger partial charge in [0.1, 0.15) is 5.52 Å². The molecule has 1 aromatic carbocycles. The quantitative estimate of drug-likeness (QED) is 0.688. The summed E-state index contributed by atoms with van der Waals surface area (Å²) in [5.41, 5.74) is 1.08. The van der Waals surface area contributed by atoms with Crippen molar-refractivity contribution in [3.05, 3.63) is 28.3 Å². The minimum Gasteiger partial charge on any atom is -0.423 e. The van der Waals surface area contributed by atoms with Crippen LogP contribution in [0.1, 0.15) is 19.8 Å². The molecule has 0 saturated carbocycles. The first-order valence-corrected chi connectivity index (χ1v) is 7.19. The van der Waals surface area contributed by atoms with Gasteiger partial charge in [0.2, 0.25) is 0 Å². The molecule has 0 bridgehead atoms. The monoisotopic (exact) mass is 290 g/mol. The number of aromatic nitrogens is 1. The van der Waals surface area contributed by atoms with Crippen molar-refractivity contribution in [2.45, 2.75) is 25.8 Å². The van der Waals surface area contributed by atoms with Crippen molar-refractivity contribution in [3.8, 4) is 0 Å². The fourth-order valence-corrected chi connectivity index (χ4v) is 2.72. The van der Waals surface area contributed by atoms with Gasteiger partial charge >= 0.3 is 0 Å². The topological polar surface area (TPSA) is 84.4 Å². The van der Waals surface area contributed by atoms with Crippen molar-refractivity contribution in [1.82, 2.24) is 9.88 Å². The predicted molar refractivity (Wildman–Crippen MR) is 79.4 cm³/mol. The fourth-order valence-electron chi connectivity index (χ4n) is 2.72. The van der Waals surface area contributed by atoms with E-state index in [0.717, 1.165) is 32.5 Å². The van der Waals surface area contributed by atoms with Gasteiger partial charge in [-0.3, -0.25) is 10.1 Å². The van der Waals surface area contributed by atoms with Gasteiger partial charge in [-0.1, -0.05) is 6.92 Å². The summed E-state index contributed by atoms with van der Waals surface area (Å²) in [6, 6.07) is 5.21. The van der Waals surface area contributed by atoms with Gasteiger partial charge in [0.05, 0.1) is 11.0 Å². The number of likely N-dealkylation sites (tertiary alicyclic amines) is 1. The Morgan fingerprint density at radius 1 is 1.57 bits per heavy atom. The zero-order valence-corrected chi connectivity index (χ0v) is 11.9. The van der Waals surface area contributed by atoms with Gasteiger partial charge in [0.25, 0.3) is 11.7 Å². The van der Waals surface area contributed by atoms with Crippen LogP contribution in [0.3, 0.4) is 0 Å². The molecule has 1 aliphatic rings. The van der Waals surface area contributed by atoms with Crippen LogP contribution in [0.5, 0.6) is 0 Å². The van der Waals surface area contributed by atoms with Gasteiger partial charge in [-0.05, 0) is 32.0 Å². The molecule has 1 unspecified atom stereocenters. The Morgan fingerprint density at radius 3 is 3.19 bits per heavy atom. The highest BCUT2D eigenvalue weighted by Gasteiger charge is 2.20. The second-order valence-corrected chi connectivity index (χ2v) is 5.30. The zero-order valence-electron chi connectivity index (χ0n) is 11.9. The molecule has 0 aliphatic carbocycles. The molecule has 7 heteroatoms. The standard InChI is InChI=1S/C14H18N4O3/c1-2-17-7-3-4-10(9-17)15-14-16-12-6-5-11(18(19)20)8-13(12)21-14/h5-6,8,10H,2-4,7,9H2,1H3,(H,15,16). The number of benzene rings is 1. The Labute approximate surface area is 122 Å². The summed E-state index contributed by atoms with van der Waals surface area (Å²) in [7, 11) is 0. The number of nitrogens with zero attached hydrogens (tertiary/aromatic N) is 3. The number of piperidine rings is 1. The summed E-state index contributed by atoms with van der Waals surface area (Å²) in [5, 5.41) is 14.1. The lowest BCUT2D eigenvalue weighted by Crippen LogP contribution is -2.41. The Hall–Kier alpha value is -2.15. The van der Waals surface area contributed by atoms with Crippen LogP contribution in [-0.4, -0.2) is 40.5 Å². The maximum Gasteiger partial charge on any atom is 0.295 e. The number of nitro groups is 1. The van der Waals surface area contributed by atoms with E-state index in [1.165, 1.54) is 12.1 Å². The normalized spacial score (nSPS) is 19.8. The predicted octanol–water partition coefficient (Wildman–Crippen LogP) is 2.63. The van der Waals surface area contributed by atoms with Crippen LogP contribution >= 0.6 is 0 Å². The number of nitrogens with one attached hydrogen (secondary N) is 1. The molecule has 2 aromatic rings. The van der Waals surface area contributed by atoms with E-state index >= 15 is 0 Å². The minimum atomic E-state index is -0.435. The summed E-state index contributed by atoms with van der Waals surface area (Å²) in [6.07, 6.45) is 2.23. The summed E-state index contributed by atoms with van der Waals surface area (Å²) in [5.74, 6) is 0. The summed E-state index contributed by atoms with van der Waals surface area (Å²) < 4.78 is 5.59. The molecule has 0 spiro atoms. The average molecular weight is 290 g/mol. The van der Waals surface area contributed by atoms with E-state index < -0.39 is 4.92 Å². The molecule has 21 heavy (non-hydrogen) atoms. The smallest absolute Gasteiger partial charge is 0.295 e. The van der Waals surface area contributed by atoms with Gasteiger partial charge in [-0.2, -0.15) is 4.98 Å². The molecule has 0 radical (unpaired) electrons. The highest BCUT2D eigenvalue weighted by atomic mass is 16.6. The van der Waals surface area contributed by atoms with Crippen LogP contribution in [-0.2, 0) is 0 Å². The van der Waals surface area contributed by atoms with E-state index in [4.69, 9.17) is 4.42 Å². The van der Waals surface area contributed by atoms with Gasteiger partial charge in [0.15, 0.2) is 5.58 Å². The molecule has 1 fully saturated rings. The molecule has 1 saturated heterocycles. The van der Waals surface area contributed by atoms with E-state index in [9.17, 15) is 10.1 Å². The van der Waals surface area contributed by atoms with Gasteiger partial charge in [0, 0.05) is 18.7 Å². The van der Waals surface area contributed by atoms with E-state index in [-0.39, 0.29) is 5.69 Å². The van der Waals surface area contributed by atoms with Crippen molar-refractivity contribution >= 4 is 22.8 Å². The van der Waals surface area contributed by atoms with Gasteiger partial charge < -0.3 is 14.6 Å². The van der Waals surface area contributed by atoms with E-state index in [2.05, 4.69) is 22.1 Å². The largest absolute Gasteiger partial charge is 0.423 e. The molecule has 3 rings (SSSR count). The highest BCUT2D eigenvalue weighted by molar-refractivity contribution is 5.77. The first kappa shape index (κ1) is 13.8. The number of hydrogen-bond acceptors (Lipinski definition) is 6. The minimum absolute atomic E-state index is 0.0139. The third-order valence-electron chi connectivity index (χ3n) is 3.86. The number of likely N-dealkylation sites (N-methyl/N-ethyl adjacent to an activating group) is 1. The number of rotatable bonds is 4. The van der Waals surface area contributed by atoms with Crippen LogP contribution in [0.4, 0.5) is 11.7 Å². The third-order valence-corrected chi connectivity index (χ3v) is 3.86. The van der Waals surface area contributed by atoms with Crippen molar-refractivity contribution in [2.24, 2.45) is 0 Å².